The summed E-state index contributed by atoms with van der Waals surface area (Å²) in [7, 11) is 0. The van der Waals surface area contributed by atoms with Gasteiger partial charge >= 0.3 is 24.9 Å². The first-order valence-corrected chi connectivity index (χ1v) is 2.81. The van der Waals surface area contributed by atoms with E-state index in [2.05, 4.69) is 0 Å². The number of likely N-dealkylation sites (tertiary alicyclic amines) is 1. The summed E-state index contributed by atoms with van der Waals surface area (Å²) < 4.78 is 0. The topological polar surface area (TPSA) is 63.4 Å². The van der Waals surface area contributed by atoms with Gasteiger partial charge in [0.05, 0.1) is 0 Å². The molecule has 0 aromatic carbocycles. The number of hydrogen-bond donors (Lipinski definition) is 1. The molecule has 1 saturated heterocycles. The van der Waals surface area contributed by atoms with E-state index < -0.39 is 6.03 Å². The van der Waals surface area contributed by atoms with Crippen molar-refractivity contribution >= 4 is 11.9 Å². The van der Waals surface area contributed by atoms with Gasteiger partial charge in [-0.3, -0.25) is 9.69 Å². The van der Waals surface area contributed by atoms with Gasteiger partial charge in [0.25, 0.3) is 0 Å². The van der Waals surface area contributed by atoms with E-state index in [-0.39, 0.29) is 26.2 Å². The van der Waals surface area contributed by atoms with Crippen molar-refractivity contribution in [3.05, 3.63) is 0 Å². The Morgan fingerprint density at radius 2 is 2.30 bits per heavy atom. The predicted octanol–water partition coefficient (Wildman–Crippen LogP) is -3.20. The van der Waals surface area contributed by atoms with Crippen molar-refractivity contribution in [2.75, 3.05) is 6.54 Å². The molecule has 0 aromatic heterocycles. The van der Waals surface area contributed by atoms with Gasteiger partial charge in [0.1, 0.15) is 0 Å². The molecule has 0 radical (unpaired) electrons. The molecule has 2 N–H and O–H groups in total. The Hall–Kier alpha value is -0.463. The summed E-state index contributed by atoms with van der Waals surface area (Å²) in [5.74, 6) is -0.150. The minimum Gasteiger partial charge on any atom is -1.00 e. The maximum atomic E-state index is 10.6. The Labute approximate surface area is 72.4 Å². The monoisotopic (exact) mass is 136 g/mol. The van der Waals surface area contributed by atoms with Gasteiger partial charge < -0.3 is 7.16 Å². The second-order valence-corrected chi connectivity index (χ2v) is 1.99. The van der Waals surface area contributed by atoms with Gasteiger partial charge in [-0.15, -0.1) is 0 Å². The summed E-state index contributed by atoms with van der Waals surface area (Å²) in [5.41, 5.74) is 4.85. The second-order valence-electron chi connectivity index (χ2n) is 1.99. The molecule has 1 rings (SSSR count). The van der Waals surface area contributed by atoms with E-state index in [1.807, 2.05) is 0 Å². The average Bonchev–Trinajstić information content (AvgIpc) is 2.13. The number of carbonyl (C=O) groups excluding carboxylic acids is 2. The van der Waals surface area contributed by atoms with E-state index in [0.29, 0.717) is 13.0 Å². The summed E-state index contributed by atoms with van der Waals surface area (Å²) in [4.78, 5) is 22.0. The molecule has 0 saturated carbocycles. The molecule has 1 heterocycles. The van der Waals surface area contributed by atoms with Crippen LogP contribution in [0.25, 0.3) is 0 Å². The van der Waals surface area contributed by atoms with Gasteiger partial charge in [-0.05, 0) is 6.42 Å². The van der Waals surface area contributed by atoms with Crippen molar-refractivity contribution in [3.63, 3.8) is 0 Å². The Morgan fingerprint density at radius 1 is 1.70 bits per heavy atom. The standard InChI is InChI=1S/C5H8N2O2.Li.H/c6-5(9)7-3-1-2-4(7)8;;/h1-3H2,(H2,6,9);;/q;+1;-1. The average molecular weight is 136 g/mol. The van der Waals surface area contributed by atoms with E-state index in [9.17, 15) is 9.59 Å². The van der Waals surface area contributed by atoms with Gasteiger partial charge in [0, 0.05) is 13.0 Å². The Balaban J connectivity index is 0. The second kappa shape index (κ2) is 3.64. The zero-order chi connectivity index (χ0) is 6.85. The van der Waals surface area contributed by atoms with Gasteiger partial charge in [-0.25, -0.2) is 4.79 Å². The van der Waals surface area contributed by atoms with Gasteiger partial charge in [0.2, 0.25) is 5.91 Å². The summed E-state index contributed by atoms with van der Waals surface area (Å²) in [5, 5.41) is 0. The van der Waals surface area contributed by atoms with Crippen LogP contribution in [-0.4, -0.2) is 23.4 Å². The van der Waals surface area contributed by atoms with Crippen LogP contribution in [0.5, 0.6) is 0 Å². The molecule has 1 aliphatic heterocycles. The van der Waals surface area contributed by atoms with E-state index in [1.165, 1.54) is 0 Å². The molecular formula is C5H9LiN2O2. The maximum absolute atomic E-state index is 10.6. The van der Waals surface area contributed by atoms with Crippen LogP contribution in [0, 0.1) is 0 Å². The van der Waals surface area contributed by atoms with Crippen molar-refractivity contribution in [3.8, 4) is 0 Å². The van der Waals surface area contributed by atoms with Crippen LogP contribution in [0.4, 0.5) is 4.79 Å². The fourth-order valence-electron chi connectivity index (χ4n) is 0.881. The summed E-state index contributed by atoms with van der Waals surface area (Å²) in [6.07, 6.45) is 1.21. The van der Waals surface area contributed by atoms with Crippen molar-refractivity contribution in [2.45, 2.75) is 12.8 Å². The zero-order valence-corrected chi connectivity index (χ0v) is 5.96. The van der Waals surface area contributed by atoms with Crippen LogP contribution in [-0.2, 0) is 4.79 Å². The number of hydrogen-bond acceptors (Lipinski definition) is 2. The first-order chi connectivity index (χ1) is 4.22. The minimum atomic E-state index is -0.627. The predicted molar refractivity (Wildman–Crippen MR) is 31.6 cm³/mol. The molecule has 5 heteroatoms. The third-order valence-corrected chi connectivity index (χ3v) is 1.34. The molecule has 10 heavy (non-hydrogen) atoms. The largest absolute Gasteiger partial charge is 1.00 e. The number of nitrogens with two attached hydrogens (primary N) is 1. The number of carbonyl (C=O) groups is 2. The van der Waals surface area contributed by atoms with Crippen LogP contribution in [0.15, 0.2) is 0 Å². The molecule has 0 bridgehead atoms. The minimum absolute atomic E-state index is 0. The number of amides is 3. The zero-order valence-electron chi connectivity index (χ0n) is 6.96. The molecule has 0 unspecified atom stereocenters. The van der Waals surface area contributed by atoms with Crippen molar-refractivity contribution in [1.82, 2.24) is 4.90 Å². The number of imide groups is 1. The Kier molecular flexibility index (Phi) is 3.48. The smallest absolute Gasteiger partial charge is 1.00 e. The van der Waals surface area contributed by atoms with Crippen LogP contribution < -0.4 is 24.6 Å². The van der Waals surface area contributed by atoms with Crippen molar-refractivity contribution in [1.29, 1.82) is 0 Å². The molecule has 52 valence electrons. The Bertz CT molecular complexity index is 165. The summed E-state index contributed by atoms with van der Waals surface area (Å²) >= 11 is 0. The normalized spacial score (nSPS) is 16.8. The van der Waals surface area contributed by atoms with Gasteiger partial charge in [-0.2, -0.15) is 0 Å². The molecule has 0 aliphatic carbocycles. The Morgan fingerprint density at radius 3 is 2.50 bits per heavy atom. The quantitative estimate of drug-likeness (QED) is 0.356. The van der Waals surface area contributed by atoms with Crippen LogP contribution in [0.1, 0.15) is 14.3 Å². The first-order valence-electron chi connectivity index (χ1n) is 2.81. The third-order valence-electron chi connectivity index (χ3n) is 1.34. The molecule has 1 fully saturated rings. The van der Waals surface area contributed by atoms with Crippen molar-refractivity contribution in [2.24, 2.45) is 5.73 Å². The van der Waals surface area contributed by atoms with Gasteiger partial charge in [-0.1, -0.05) is 0 Å². The SMILES string of the molecule is NC(=O)N1CCCC1=O.[H-].[Li+]. The molecule has 0 aromatic rings. The summed E-state index contributed by atoms with van der Waals surface area (Å²) in [6, 6.07) is -0.627. The molecule has 4 nitrogen and oxygen atoms in total. The van der Waals surface area contributed by atoms with E-state index in [1.54, 1.807) is 0 Å². The molecule has 3 amide bonds. The molecule has 0 spiro atoms. The first kappa shape index (κ1) is 9.54. The van der Waals surface area contributed by atoms with E-state index in [4.69, 9.17) is 5.73 Å². The van der Waals surface area contributed by atoms with Crippen LogP contribution >= 0.6 is 0 Å². The fourth-order valence-corrected chi connectivity index (χ4v) is 0.881. The summed E-state index contributed by atoms with van der Waals surface area (Å²) in [6.45, 7) is 0.494. The fraction of sp³-hybridized carbons (Fsp3) is 0.600. The molecular weight excluding hydrogens is 127 g/mol. The third kappa shape index (κ3) is 1.76. The van der Waals surface area contributed by atoms with Crippen LogP contribution in [0.3, 0.4) is 0 Å². The van der Waals surface area contributed by atoms with Gasteiger partial charge in [0.15, 0.2) is 0 Å². The number of urea groups is 1. The molecule has 0 atom stereocenters. The van der Waals surface area contributed by atoms with Crippen LogP contribution in [0.2, 0.25) is 0 Å². The number of primary amides is 1. The number of rotatable bonds is 0. The van der Waals surface area contributed by atoms with E-state index >= 15 is 0 Å². The van der Waals surface area contributed by atoms with Crippen molar-refractivity contribution < 1.29 is 29.9 Å². The molecule has 1 aliphatic rings. The van der Waals surface area contributed by atoms with E-state index in [0.717, 1.165) is 11.3 Å². The maximum Gasteiger partial charge on any atom is 1.00 e. The number of nitrogens with zero attached hydrogens (tertiary/aromatic N) is 1.